The molecule has 0 heterocycles. The number of nitrogens with zero attached hydrogens (tertiary/aromatic N) is 1. The van der Waals surface area contributed by atoms with E-state index < -0.39 is 22.8 Å². The number of benzene rings is 2. The summed E-state index contributed by atoms with van der Waals surface area (Å²) < 4.78 is 4.72. The minimum atomic E-state index is -0.949. The van der Waals surface area contributed by atoms with Crippen molar-refractivity contribution >= 4 is 29.2 Å². The second kappa shape index (κ2) is 8.25. The number of amides is 1. The fraction of sp³-hybridized carbons (Fsp3) is 0.176. The average Bonchev–Trinajstić information content (AvgIpc) is 2.61. The molecule has 0 aliphatic heterocycles. The summed E-state index contributed by atoms with van der Waals surface area (Å²) in [5, 5.41) is 13.5. The Morgan fingerprint density at radius 2 is 1.84 bits per heavy atom. The van der Waals surface area contributed by atoms with E-state index in [0.717, 1.165) is 0 Å². The molecule has 0 radical (unpaired) electrons. The van der Waals surface area contributed by atoms with E-state index in [4.69, 9.17) is 16.3 Å². The highest BCUT2D eigenvalue weighted by atomic mass is 35.5. The lowest BCUT2D eigenvalue weighted by atomic mass is 10.0. The summed E-state index contributed by atoms with van der Waals surface area (Å²) >= 11 is 5.98. The highest BCUT2D eigenvalue weighted by Crippen LogP contribution is 2.16. The zero-order valence-corrected chi connectivity index (χ0v) is 14.0. The molecule has 1 N–H and O–H groups in total. The number of nitro groups is 1. The Morgan fingerprint density at radius 1 is 1.20 bits per heavy atom. The minimum absolute atomic E-state index is 0.0570. The molecule has 1 atom stereocenters. The molecule has 0 bridgehead atoms. The Kier molecular flexibility index (Phi) is 6.08. The number of methoxy groups -OCH3 is 1. The Bertz CT molecular complexity index is 792. The molecule has 0 saturated carbocycles. The van der Waals surface area contributed by atoms with Crippen molar-refractivity contribution in [1.82, 2.24) is 5.32 Å². The molecule has 0 unspecified atom stereocenters. The van der Waals surface area contributed by atoms with E-state index in [9.17, 15) is 19.7 Å². The number of hydrogen-bond donors (Lipinski definition) is 1. The number of carbonyl (C=O) groups is 2. The van der Waals surface area contributed by atoms with Crippen LogP contribution in [0.4, 0.5) is 5.69 Å². The lowest BCUT2D eigenvalue weighted by molar-refractivity contribution is -0.384. The molecule has 2 aromatic rings. The number of nitrogens with one attached hydrogen (secondary N) is 1. The zero-order valence-electron chi connectivity index (χ0n) is 13.3. The van der Waals surface area contributed by atoms with Crippen LogP contribution in [0.3, 0.4) is 0 Å². The number of nitro benzene ring substituents is 1. The number of hydrogen-bond acceptors (Lipinski definition) is 5. The summed E-state index contributed by atoms with van der Waals surface area (Å²) in [4.78, 5) is 34.5. The van der Waals surface area contributed by atoms with Gasteiger partial charge in [-0.05, 0) is 17.7 Å². The van der Waals surface area contributed by atoms with Gasteiger partial charge < -0.3 is 10.1 Å². The summed E-state index contributed by atoms with van der Waals surface area (Å²) in [6, 6.07) is 11.2. The van der Waals surface area contributed by atoms with Crippen molar-refractivity contribution < 1.29 is 19.2 Å². The predicted molar refractivity (Wildman–Crippen MR) is 91.5 cm³/mol. The highest BCUT2D eigenvalue weighted by Gasteiger charge is 2.23. The van der Waals surface area contributed by atoms with E-state index in [1.54, 1.807) is 18.2 Å². The van der Waals surface area contributed by atoms with Gasteiger partial charge in [0, 0.05) is 18.6 Å². The number of esters is 1. The molecule has 0 fully saturated rings. The summed E-state index contributed by atoms with van der Waals surface area (Å²) in [6.07, 6.45) is 0.126. The van der Waals surface area contributed by atoms with Crippen molar-refractivity contribution in [2.75, 3.05) is 7.11 Å². The van der Waals surface area contributed by atoms with Crippen molar-refractivity contribution in [2.45, 2.75) is 12.5 Å². The quantitative estimate of drug-likeness (QED) is 0.484. The van der Waals surface area contributed by atoms with Gasteiger partial charge in [-0.2, -0.15) is 0 Å². The van der Waals surface area contributed by atoms with E-state index in [-0.39, 0.29) is 22.7 Å². The van der Waals surface area contributed by atoms with Crippen LogP contribution in [0.15, 0.2) is 48.5 Å². The zero-order chi connectivity index (χ0) is 18.4. The maximum absolute atomic E-state index is 12.3. The van der Waals surface area contributed by atoms with Gasteiger partial charge >= 0.3 is 5.97 Å². The van der Waals surface area contributed by atoms with Gasteiger partial charge in [-0.25, -0.2) is 4.79 Å². The van der Waals surface area contributed by atoms with E-state index >= 15 is 0 Å². The summed E-state index contributed by atoms with van der Waals surface area (Å²) in [5.74, 6) is -1.14. The standard InChI is InChI=1S/C17H15ClN2O5/c1-25-17(22)15(10-11-6-8-12(9-7-11)20(23)24)19-16(21)13-4-2-3-5-14(13)18/h2-9,15H,10H2,1H3,(H,19,21)/t15-/m0/s1. The van der Waals surface area contributed by atoms with Crippen molar-refractivity contribution in [3.05, 3.63) is 74.8 Å². The van der Waals surface area contributed by atoms with Gasteiger partial charge in [0.2, 0.25) is 0 Å². The first-order chi connectivity index (χ1) is 11.9. The second-order valence-corrected chi connectivity index (χ2v) is 5.56. The molecule has 25 heavy (non-hydrogen) atoms. The van der Waals surface area contributed by atoms with E-state index in [2.05, 4.69) is 5.32 Å². The van der Waals surface area contributed by atoms with Gasteiger partial charge in [-0.15, -0.1) is 0 Å². The van der Waals surface area contributed by atoms with Crippen LogP contribution in [0.5, 0.6) is 0 Å². The second-order valence-electron chi connectivity index (χ2n) is 5.16. The first kappa shape index (κ1) is 18.4. The maximum atomic E-state index is 12.3. The molecule has 0 saturated heterocycles. The monoisotopic (exact) mass is 362 g/mol. The molecule has 1 amide bonds. The topological polar surface area (TPSA) is 98.5 Å². The summed E-state index contributed by atoms with van der Waals surface area (Å²) in [7, 11) is 1.22. The lowest BCUT2D eigenvalue weighted by Gasteiger charge is -2.17. The molecule has 0 aromatic heterocycles. The van der Waals surface area contributed by atoms with Crippen molar-refractivity contribution in [2.24, 2.45) is 0 Å². The SMILES string of the molecule is COC(=O)[C@H](Cc1ccc([N+](=O)[O-])cc1)NC(=O)c1ccccc1Cl. The van der Waals surface area contributed by atoms with Crippen molar-refractivity contribution in [3.8, 4) is 0 Å². The van der Waals surface area contributed by atoms with Crippen LogP contribution in [0.2, 0.25) is 5.02 Å². The van der Waals surface area contributed by atoms with Gasteiger partial charge in [-0.3, -0.25) is 14.9 Å². The molecular formula is C17H15ClN2O5. The molecular weight excluding hydrogens is 348 g/mol. The van der Waals surface area contributed by atoms with E-state index in [0.29, 0.717) is 5.56 Å². The Balaban J connectivity index is 2.16. The number of carbonyl (C=O) groups excluding carboxylic acids is 2. The van der Waals surface area contributed by atoms with Crippen LogP contribution in [-0.4, -0.2) is 30.0 Å². The number of halogens is 1. The van der Waals surface area contributed by atoms with E-state index in [1.807, 2.05) is 0 Å². The molecule has 2 rings (SSSR count). The first-order valence-corrected chi connectivity index (χ1v) is 7.66. The third-order valence-electron chi connectivity index (χ3n) is 3.50. The normalized spacial score (nSPS) is 11.4. The summed E-state index contributed by atoms with van der Waals surface area (Å²) in [6.45, 7) is 0. The molecule has 2 aromatic carbocycles. The Morgan fingerprint density at radius 3 is 2.40 bits per heavy atom. The van der Waals surface area contributed by atoms with Crippen LogP contribution < -0.4 is 5.32 Å². The molecule has 8 heteroatoms. The fourth-order valence-electron chi connectivity index (χ4n) is 2.21. The predicted octanol–water partition coefficient (Wildman–Crippen LogP) is 2.76. The van der Waals surface area contributed by atoms with Crippen molar-refractivity contribution in [1.29, 1.82) is 0 Å². The van der Waals surface area contributed by atoms with Crippen LogP contribution in [0, 0.1) is 10.1 Å². The number of ether oxygens (including phenoxy) is 1. The third kappa shape index (κ3) is 4.77. The van der Waals surface area contributed by atoms with Gasteiger partial charge in [0.05, 0.1) is 22.6 Å². The Labute approximate surface area is 148 Å². The molecule has 130 valence electrons. The largest absolute Gasteiger partial charge is 0.467 e. The number of rotatable bonds is 6. The maximum Gasteiger partial charge on any atom is 0.328 e. The highest BCUT2D eigenvalue weighted by molar-refractivity contribution is 6.33. The third-order valence-corrected chi connectivity index (χ3v) is 3.83. The average molecular weight is 363 g/mol. The van der Waals surface area contributed by atoms with Crippen LogP contribution in [0.1, 0.15) is 15.9 Å². The molecule has 0 spiro atoms. The smallest absolute Gasteiger partial charge is 0.328 e. The lowest BCUT2D eigenvalue weighted by Crippen LogP contribution is -2.43. The first-order valence-electron chi connectivity index (χ1n) is 7.29. The van der Waals surface area contributed by atoms with E-state index in [1.165, 1.54) is 37.4 Å². The Hall–Kier alpha value is -2.93. The van der Waals surface area contributed by atoms with Gasteiger partial charge in [0.15, 0.2) is 0 Å². The van der Waals surface area contributed by atoms with Crippen LogP contribution >= 0.6 is 11.6 Å². The molecule has 0 aliphatic rings. The van der Waals surface area contributed by atoms with Crippen LogP contribution in [-0.2, 0) is 16.0 Å². The van der Waals surface area contributed by atoms with Gasteiger partial charge in [0.1, 0.15) is 6.04 Å². The molecule has 7 nitrogen and oxygen atoms in total. The molecule has 0 aliphatic carbocycles. The van der Waals surface area contributed by atoms with Crippen molar-refractivity contribution in [3.63, 3.8) is 0 Å². The van der Waals surface area contributed by atoms with Gasteiger partial charge in [0.25, 0.3) is 11.6 Å². The fourth-order valence-corrected chi connectivity index (χ4v) is 2.43. The van der Waals surface area contributed by atoms with Gasteiger partial charge in [-0.1, -0.05) is 35.9 Å². The minimum Gasteiger partial charge on any atom is -0.467 e. The summed E-state index contributed by atoms with van der Waals surface area (Å²) in [5.41, 5.74) is 0.820. The van der Waals surface area contributed by atoms with Crippen LogP contribution in [0.25, 0.3) is 0 Å². The number of non-ortho nitro benzene ring substituents is 1.